The summed E-state index contributed by atoms with van der Waals surface area (Å²) in [5.74, 6) is 0.574. The van der Waals surface area contributed by atoms with Crippen LogP contribution in [0.4, 0.5) is 5.95 Å². The Morgan fingerprint density at radius 1 is 1.15 bits per heavy atom. The highest BCUT2D eigenvalue weighted by Crippen LogP contribution is 2.24. The first-order valence-electron chi connectivity index (χ1n) is 8.86. The Balaban J connectivity index is 1.37. The summed E-state index contributed by atoms with van der Waals surface area (Å²) in [4.78, 5) is 24.6. The smallest absolute Gasteiger partial charge is 0.251 e. The molecule has 0 bridgehead atoms. The van der Waals surface area contributed by atoms with Crippen LogP contribution in [0, 0.1) is 0 Å². The minimum absolute atomic E-state index is 0.112. The average Bonchev–Trinajstić information content (AvgIpc) is 3.28. The molecule has 1 fully saturated rings. The number of hydrogen-bond acceptors (Lipinski definition) is 6. The van der Waals surface area contributed by atoms with Crippen LogP contribution in [0.15, 0.2) is 54.0 Å². The lowest BCUT2D eigenvalue weighted by Crippen LogP contribution is -2.37. The number of benzene rings is 1. The first-order chi connectivity index (χ1) is 13.3. The van der Waals surface area contributed by atoms with E-state index in [0.717, 1.165) is 24.3 Å². The molecule has 3 heterocycles. The van der Waals surface area contributed by atoms with Gasteiger partial charge in [0.05, 0.1) is 25.5 Å². The highest BCUT2D eigenvalue weighted by molar-refractivity contribution is 7.13. The van der Waals surface area contributed by atoms with Crippen LogP contribution in [0.25, 0.3) is 10.4 Å². The van der Waals surface area contributed by atoms with Gasteiger partial charge in [-0.25, -0.2) is 9.97 Å². The van der Waals surface area contributed by atoms with Crippen molar-refractivity contribution in [1.82, 2.24) is 15.3 Å². The van der Waals surface area contributed by atoms with E-state index in [-0.39, 0.29) is 5.91 Å². The first-order valence-corrected chi connectivity index (χ1v) is 9.74. The molecule has 7 heteroatoms. The van der Waals surface area contributed by atoms with Gasteiger partial charge < -0.3 is 15.0 Å². The summed E-state index contributed by atoms with van der Waals surface area (Å²) in [6.07, 6.45) is 1.73. The van der Waals surface area contributed by atoms with Crippen molar-refractivity contribution in [3.63, 3.8) is 0 Å². The van der Waals surface area contributed by atoms with E-state index in [1.807, 2.05) is 41.8 Å². The topological polar surface area (TPSA) is 67.4 Å². The van der Waals surface area contributed by atoms with Crippen molar-refractivity contribution in [2.24, 2.45) is 0 Å². The second-order valence-corrected chi connectivity index (χ2v) is 7.13. The number of thiophene rings is 1. The highest BCUT2D eigenvalue weighted by atomic mass is 32.1. The maximum absolute atomic E-state index is 12.4. The van der Waals surface area contributed by atoms with Crippen LogP contribution in [0.5, 0.6) is 0 Å². The zero-order chi connectivity index (χ0) is 18.5. The van der Waals surface area contributed by atoms with E-state index in [2.05, 4.69) is 26.3 Å². The fourth-order valence-electron chi connectivity index (χ4n) is 2.90. The van der Waals surface area contributed by atoms with E-state index in [0.29, 0.717) is 31.3 Å². The van der Waals surface area contributed by atoms with Crippen LogP contribution < -0.4 is 10.2 Å². The van der Waals surface area contributed by atoms with Gasteiger partial charge in [0.25, 0.3) is 5.91 Å². The lowest BCUT2D eigenvalue weighted by atomic mass is 10.1. The molecule has 0 saturated carbocycles. The molecule has 1 saturated heterocycles. The third kappa shape index (κ3) is 4.32. The summed E-state index contributed by atoms with van der Waals surface area (Å²) in [7, 11) is 0. The third-order valence-corrected chi connectivity index (χ3v) is 5.30. The number of ether oxygens (including phenoxy) is 1. The zero-order valence-corrected chi connectivity index (χ0v) is 15.6. The average molecular weight is 380 g/mol. The summed E-state index contributed by atoms with van der Waals surface area (Å²) < 4.78 is 5.36. The van der Waals surface area contributed by atoms with Crippen molar-refractivity contribution in [1.29, 1.82) is 0 Å². The molecule has 1 aromatic carbocycles. The van der Waals surface area contributed by atoms with Crippen LogP contribution in [0.3, 0.4) is 0 Å². The molecule has 6 nitrogen and oxygen atoms in total. The molecule has 0 atom stereocenters. The molecule has 1 aliphatic rings. The number of hydrogen-bond donors (Lipinski definition) is 1. The lowest BCUT2D eigenvalue weighted by molar-refractivity contribution is 0.0950. The Morgan fingerprint density at radius 3 is 2.70 bits per heavy atom. The maximum Gasteiger partial charge on any atom is 0.251 e. The van der Waals surface area contributed by atoms with E-state index >= 15 is 0 Å². The SMILES string of the molecule is O=C(NCc1ccnc(N2CCOCC2)n1)c1ccc(-c2cccs2)cc1. The standard InChI is InChI=1S/C20H20N4O2S/c25-19(16-5-3-15(4-6-16)18-2-1-13-27-18)22-14-17-7-8-21-20(23-17)24-9-11-26-12-10-24/h1-8,13H,9-12,14H2,(H,22,25). The van der Waals surface area contributed by atoms with Crippen molar-refractivity contribution >= 4 is 23.2 Å². The van der Waals surface area contributed by atoms with Crippen LogP contribution >= 0.6 is 11.3 Å². The molecule has 0 aliphatic carbocycles. The predicted octanol–water partition coefficient (Wildman–Crippen LogP) is 2.97. The quantitative estimate of drug-likeness (QED) is 0.737. The fraction of sp³-hybridized carbons (Fsp3) is 0.250. The van der Waals surface area contributed by atoms with Crippen molar-refractivity contribution in [2.45, 2.75) is 6.54 Å². The predicted molar refractivity (Wildman–Crippen MR) is 106 cm³/mol. The second-order valence-electron chi connectivity index (χ2n) is 6.18. The van der Waals surface area contributed by atoms with Crippen molar-refractivity contribution in [3.8, 4) is 10.4 Å². The minimum atomic E-state index is -0.112. The molecule has 1 aliphatic heterocycles. The summed E-state index contributed by atoms with van der Waals surface area (Å²) in [5.41, 5.74) is 2.54. The number of anilines is 1. The van der Waals surface area contributed by atoms with Gasteiger partial charge in [-0.1, -0.05) is 18.2 Å². The van der Waals surface area contributed by atoms with Crippen molar-refractivity contribution in [3.05, 3.63) is 65.3 Å². The number of nitrogens with zero attached hydrogens (tertiary/aromatic N) is 3. The largest absolute Gasteiger partial charge is 0.378 e. The normalized spacial score (nSPS) is 14.1. The number of amides is 1. The Labute approximate surface area is 161 Å². The van der Waals surface area contributed by atoms with Crippen LogP contribution in [-0.4, -0.2) is 42.2 Å². The van der Waals surface area contributed by atoms with Gasteiger partial charge in [0.1, 0.15) is 0 Å². The summed E-state index contributed by atoms with van der Waals surface area (Å²) >= 11 is 1.68. The molecule has 0 unspecified atom stereocenters. The second kappa shape index (κ2) is 8.28. The molecule has 27 heavy (non-hydrogen) atoms. The number of carbonyl (C=O) groups excluding carboxylic acids is 1. The number of nitrogens with one attached hydrogen (secondary N) is 1. The molecule has 4 rings (SSSR count). The van der Waals surface area contributed by atoms with Gasteiger partial charge in [-0.2, -0.15) is 0 Å². The van der Waals surface area contributed by atoms with Crippen LogP contribution in [0.2, 0.25) is 0 Å². The van der Waals surface area contributed by atoms with E-state index in [1.54, 1.807) is 17.5 Å². The molecule has 3 aromatic rings. The molecular weight excluding hydrogens is 360 g/mol. The minimum Gasteiger partial charge on any atom is -0.378 e. The monoisotopic (exact) mass is 380 g/mol. The zero-order valence-electron chi connectivity index (χ0n) is 14.8. The summed E-state index contributed by atoms with van der Waals surface area (Å²) in [6.45, 7) is 3.31. The molecule has 0 radical (unpaired) electrons. The number of rotatable bonds is 5. The van der Waals surface area contributed by atoms with Crippen molar-refractivity contribution < 1.29 is 9.53 Å². The van der Waals surface area contributed by atoms with E-state index in [1.165, 1.54) is 4.88 Å². The van der Waals surface area contributed by atoms with Gasteiger partial charge in [-0.3, -0.25) is 4.79 Å². The molecule has 138 valence electrons. The number of carbonyl (C=O) groups is 1. The Hall–Kier alpha value is -2.77. The van der Waals surface area contributed by atoms with E-state index in [4.69, 9.17) is 4.74 Å². The molecule has 0 spiro atoms. The van der Waals surface area contributed by atoms with Crippen LogP contribution in [0.1, 0.15) is 16.1 Å². The van der Waals surface area contributed by atoms with Gasteiger partial charge in [-0.05, 0) is 35.2 Å². The third-order valence-electron chi connectivity index (χ3n) is 4.38. The fourth-order valence-corrected chi connectivity index (χ4v) is 3.63. The van der Waals surface area contributed by atoms with Crippen LogP contribution in [-0.2, 0) is 11.3 Å². The van der Waals surface area contributed by atoms with Gasteiger partial charge in [0.15, 0.2) is 0 Å². The first kappa shape index (κ1) is 17.6. The van der Waals surface area contributed by atoms with E-state index < -0.39 is 0 Å². The number of aromatic nitrogens is 2. The van der Waals surface area contributed by atoms with Gasteiger partial charge in [-0.15, -0.1) is 11.3 Å². The summed E-state index contributed by atoms with van der Waals surface area (Å²) in [5, 5.41) is 4.97. The molecule has 2 aromatic heterocycles. The van der Waals surface area contributed by atoms with E-state index in [9.17, 15) is 4.79 Å². The Morgan fingerprint density at radius 2 is 1.96 bits per heavy atom. The van der Waals surface area contributed by atoms with Gasteiger partial charge in [0, 0.05) is 29.7 Å². The van der Waals surface area contributed by atoms with Gasteiger partial charge >= 0.3 is 0 Å². The molecule has 1 N–H and O–H groups in total. The maximum atomic E-state index is 12.4. The lowest BCUT2D eigenvalue weighted by Gasteiger charge is -2.26. The highest BCUT2D eigenvalue weighted by Gasteiger charge is 2.14. The molecule has 1 amide bonds. The molecular formula is C20H20N4O2S. The Bertz CT molecular complexity index is 891. The Kier molecular flexibility index (Phi) is 5.41. The number of morpholine rings is 1. The summed E-state index contributed by atoms with van der Waals surface area (Å²) in [6, 6.07) is 13.6. The van der Waals surface area contributed by atoms with Gasteiger partial charge in [0.2, 0.25) is 5.95 Å². The van der Waals surface area contributed by atoms with Crippen molar-refractivity contribution in [2.75, 3.05) is 31.2 Å².